The molecule has 0 spiro atoms. The summed E-state index contributed by atoms with van der Waals surface area (Å²) in [5.74, 6) is -0.0827. The van der Waals surface area contributed by atoms with E-state index in [4.69, 9.17) is 9.47 Å². The number of amides is 2. The fourth-order valence-electron chi connectivity index (χ4n) is 6.04. The SMILES string of the molecule is Cc1cccc(C)c1-c1cc2nc(n1)NS(=O)(=O)c1cccc(c1)C(=O)N(C1CCN(C(=O)OC(C)C)C1)[C@H](CC(C)C)CO2. The number of nitrogens with one attached hydrogen (secondary N) is 1. The van der Waals surface area contributed by atoms with Crippen molar-refractivity contribution in [2.45, 2.75) is 77.5 Å². The number of sulfonamides is 1. The Morgan fingerprint density at radius 2 is 1.78 bits per heavy atom. The number of hydrogen-bond donors (Lipinski definition) is 1. The minimum Gasteiger partial charge on any atom is -0.475 e. The number of aryl methyl sites for hydroxylation is 2. The highest BCUT2D eigenvalue weighted by molar-refractivity contribution is 7.92. The van der Waals surface area contributed by atoms with Gasteiger partial charge in [-0.15, -0.1) is 0 Å². The Labute approximate surface area is 265 Å². The summed E-state index contributed by atoms with van der Waals surface area (Å²) in [5.41, 5.74) is 3.52. The van der Waals surface area contributed by atoms with Crippen LogP contribution in [0.2, 0.25) is 0 Å². The lowest BCUT2D eigenvalue weighted by Gasteiger charge is -2.37. The molecule has 1 saturated heterocycles. The Balaban J connectivity index is 1.62. The normalized spacial score (nSPS) is 19.8. The Hall–Kier alpha value is -4.19. The maximum absolute atomic E-state index is 14.3. The number of carbonyl (C=O) groups excluding carboxylic acids is 2. The minimum absolute atomic E-state index is 0.0925. The molecule has 5 rings (SSSR count). The van der Waals surface area contributed by atoms with E-state index in [1.54, 1.807) is 41.8 Å². The van der Waals surface area contributed by atoms with Crippen LogP contribution in [0.25, 0.3) is 11.3 Å². The summed E-state index contributed by atoms with van der Waals surface area (Å²) >= 11 is 0. The minimum atomic E-state index is -4.17. The molecule has 0 aliphatic carbocycles. The van der Waals surface area contributed by atoms with Gasteiger partial charge >= 0.3 is 6.09 Å². The summed E-state index contributed by atoms with van der Waals surface area (Å²) in [6.07, 6.45) is 0.460. The van der Waals surface area contributed by atoms with Gasteiger partial charge in [-0.3, -0.25) is 4.79 Å². The molecule has 2 amide bonds. The summed E-state index contributed by atoms with van der Waals surface area (Å²) in [6.45, 7) is 12.5. The van der Waals surface area contributed by atoms with E-state index in [1.165, 1.54) is 12.1 Å². The van der Waals surface area contributed by atoms with E-state index in [-0.39, 0.29) is 52.9 Å². The topological polar surface area (TPSA) is 131 Å². The van der Waals surface area contributed by atoms with Crippen LogP contribution in [0.4, 0.5) is 10.7 Å². The maximum atomic E-state index is 14.3. The monoisotopic (exact) mass is 635 g/mol. The highest BCUT2D eigenvalue weighted by Crippen LogP contribution is 2.31. The van der Waals surface area contributed by atoms with Gasteiger partial charge in [-0.25, -0.2) is 22.9 Å². The van der Waals surface area contributed by atoms with Crippen LogP contribution < -0.4 is 9.46 Å². The van der Waals surface area contributed by atoms with Gasteiger partial charge in [-0.2, -0.15) is 4.98 Å². The van der Waals surface area contributed by atoms with Crippen LogP contribution in [-0.2, 0) is 14.8 Å². The standard InChI is InChI=1S/C33H41N5O6S/c1-20(2)15-26-19-43-29-17-28(30-22(5)9-7-10-23(30)6)34-32(35-29)36-45(41,42)27-12-8-11-24(16-27)31(39)38(26)25-13-14-37(18-25)33(40)44-21(3)4/h7-12,16-17,20-21,25-26H,13-15,18-19H2,1-6H3,(H,34,35,36)/t25?,26-/m1/s1. The molecule has 3 heterocycles. The first-order chi connectivity index (χ1) is 21.3. The lowest BCUT2D eigenvalue weighted by molar-refractivity contribution is 0.0430. The van der Waals surface area contributed by atoms with Crippen molar-refractivity contribution in [2.75, 3.05) is 24.4 Å². The number of anilines is 1. The first-order valence-corrected chi connectivity index (χ1v) is 16.8. The molecule has 1 fully saturated rings. The van der Waals surface area contributed by atoms with Crippen molar-refractivity contribution in [3.63, 3.8) is 0 Å². The maximum Gasteiger partial charge on any atom is 0.410 e. The molecular weight excluding hydrogens is 594 g/mol. The molecule has 4 bridgehead atoms. The molecule has 11 nitrogen and oxygen atoms in total. The first-order valence-electron chi connectivity index (χ1n) is 15.3. The average molecular weight is 636 g/mol. The first kappa shape index (κ1) is 32.2. The fraction of sp³-hybridized carbons (Fsp3) is 0.455. The van der Waals surface area contributed by atoms with E-state index in [1.807, 2.05) is 32.0 Å². The van der Waals surface area contributed by atoms with E-state index < -0.39 is 22.2 Å². The molecule has 12 heteroatoms. The Kier molecular flexibility index (Phi) is 9.33. The lowest BCUT2D eigenvalue weighted by atomic mass is 9.99. The van der Waals surface area contributed by atoms with E-state index in [0.29, 0.717) is 31.6 Å². The Morgan fingerprint density at radius 1 is 1.07 bits per heavy atom. The number of likely N-dealkylation sites (tertiary alicyclic amines) is 1. The van der Waals surface area contributed by atoms with Gasteiger partial charge < -0.3 is 19.3 Å². The van der Waals surface area contributed by atoms with Crippen molar-refractivity contribution < 1.29 is 27.5 Å². The van der Waals surface area contributed by atoms with Gasteiger partial charge in [0.1, 0.15) is 6.61 Å². The van der Waals surface area contributed by atoms with Crippen molar-refractivity contribution in [3.05, 3.63) is 65.2 Å². The smallest absolute Gasteiger partial charge is 0.410 e. The van der Waals surface area contributed by atoms with Gasteiger partial charge in [0, 0.05) is 30.3 Å². The molecule has 3 aromatic rings. The summed E-state index contributed by atoms with van der Waals surface area (Å²) in [6, 6.07) is 12.8. The van der Waals surface area contributed by atoms with Crippen LogP contribution in [0, 0.1) is 19.8 Å². The van der Waals surface area contributed by atoms with Crippen molar-refractivity contribution >= 4 is 28.0 Å². The van der Waals surface area contributed by atoms with Crippen LogP contribution in [0.5, 0.6) is 5.88 Å². The highest BCUT2D eigenvalue weighted by atomic mass is 32.2. The van der Waals surface area contributed by atoms with Gasteiger partial charge in [-0.1, -0.05) is 38.1 Å². The molecule has 2 aliphatic rings. The average Bonchev–Trinajstić information content (AvgIpc) is 3.45. The van der Waals surface area contributed by atoms with E-state index in [9.17, 15) is 18.0 Å². The van der Waals surface area contributed by atoms with Crippen LogP contribution in [-0.4, -0.2) is 78.1 Å². The lowest BCUT2D eigenvalue weighted by Crippen LogP contribution is -2.51. The second-order valence-electron chi connectivity index (χ2n) is 12.4. The quantitative estimate of drug-likeness (QED) is 0.393. The number of fused-ring (bicyclic) bond motifs is 4. The molecule has 45 heavy (non-hydrogen) atoms. The molecule has 2 aromatic carbocycles. The highest BCUT2D eigenvalue weighted by Gasteiger charge is 2.39. The van der Waals surface area contributed by atoms with Gasteiger partial charge in [0.2, 0.25) is 11.8 Å². The third-order valence-electron chi connectivity index (χ3n) is 8.00. The van der Waals surface area contributed by atoms with E-state index in [0.717, 1.165) is 16.7 Å². The van der Waals surface area contributed by atoms with Crippen LogP contribution in [0.15, 0.2) is 53.4 Å². The van der Waals surface area contributed by atoms with Gasteiger partial charge in [0.15, 0.2) is 0 Å². The Bertz CT molecular complexity index is 1670. The second-order valence-corrected chi connectivity index (χ2v) is 14.1. The van der Waals surface area contributed by atoms with E-state index in [2.05, 4.69) is 28.5 Å². The molecule has 1 unspecified atom stereocenters. The van der Waals surface area contributed by atoms with Crippen LogP contribution in [0.3, 0.4) is 0 Å². The predicted molar refractivity (Wildman–Crippen MR) is 171 cm³/mol. The van der Waals surface area contributed by atoms with E-state index >= 15 is 0 Å². The van der Waals surface area contributed by atoms with Crippen molar-refractivity contribution in [2.24, 2.45) is 5.92 Å². The molecule has 0 saturated carbocycles. The molecule has 240 valence electrons. The molecule has 2 aliphatic heterocycles. The molecule has 0 radical (unpaired) electrons. The number of benzene rings is 2. The number of carbonyl (C=O) groups is 2. The number of hydrogen-bond acceptors (Lipinski definition) is 8. The molecule has 1 N–H and O–H groups in total. The Morgan fingerprint density at radius 3 is 2.47 bits per heavy atom. The molecular formula is C33H41N5O6S. The third kappa shape index (κ3) is 7.22. The summed E-state index contributed by atoms with van der Waals surface area (Å²) < 4.78 is 41.5. The summed E-state index contributed by atoms with van der Waals surface area (Å²) in [4.78, 5) is 39.4. The predicted octanol–water partition coefficient (Wildman–Crippen LogP) is 5.43. The van der Waals surface area contributed by atoms with Crippen LogP contribution in [0.1, 0.15) is 62.0 Å². The summed E-state index contributed by atoms with van der Waals surface area (Å²) in [5, 5.41) is 0. The van der Waals surface area contributed by atoms with Crippen molar-refractivity contribution in [3.8, 4) is 17.1 Å². The van der Waals surface area contributed by atoms with Crippen molar-refractivity contribution in [1.29, 1.82) is 0 Å². The zero-order valence-electron chi connectivity index (χ0n) is 26.6. The zero-order chi connectivity index (χ0) is 32.5. The van der Waals surface area contributed by atoms with Crippen LogP contribution >= 0.6 is 0 Å². The fourth-order valence-corrected chi connectivity index (χ4v) is 7.03. The third-order valence-corrected chi connectivity index (χ3v) is 9.33. The molecule has 1 aromatic heterocycles. The number of nitrogens with zero attached hydrogens (tertiary/aromatic N) is 4. The number of aromatic nitrogens is 2. The molecule has 2 atom stereocenters. The zero-order valence-corrected chi connectivity index (χ0v) is 27.4. The largest absolute Gasteiger partial charge is 0.475 e. The number of ether oxygens (including phenoxy) is 2. The van der Waals surface area contributed by atoms with Gasteiger partial charge in [0.05, 0.1) is 28.8 Å². The number of rotatable bonds is 5. The second kappa shape index (κ2) is 13.0. The van der Waals surface area contributed by atoms with Gasteiger partial charge in [0.25, 0.3) is 15.9 Å². The van der Waals surface area contributed by atoms with Crippen molar-refractivity contribution in [1.82, 2.24) is 19.8 Å². The summed E-state index contributed by atoms with van der Waals surface area (Å²) in [7, 11) is -4.17. The van der Waals surface area contributed by atoms with Gasteiger partial charge in [-0.05, 0) is 75.8 Å².